The molecule has 208 valence electrons. The number of ether oxygens (including phenoxy) is 3. The molecule has 2 amide bonds. The first-order valence-electron chi connectivity index (χ1n) is 12.4. The monoisotopic (exact) mass is 677 g/mol. The Labute approximate surface area is 247 Å². The van der Waals surface area contributed by atoms with E-state index in [1.165, 1.54) is 12.3 Å². The van der Waals surface area contributed by atoms with Crippen LogP contribution in [-0.2, 0) is 9.59 Å². The normalized spacial score (nSPS) is 12.8. The van der Waals surface area contributed by atoms with Crippen LogP contribution >= 0.6 is 45.8 Å². The zero-order valence-corrected chi connectivity index (χ0v) is 25.8. The van der Waals surface area contributed by atoms with Crippen molar-refractivity contribution in [2.24, 2.45) is 11.0 Å². The molecule has 0 aliphatic rings. The lowest BCUT2D eigenvalue weighted by Gasteiger charge is -2.22. The molecule has 0 radical (unpaired) electrons. The van der Waals surface area contributed by atoms with E-state index in [1.807, 2.05) is 33.8 Å². The van der Waals surface area contributed by atoms with E-state index < -0.39 is 24.0 Å². The van der Waals surface area contributed by atoms with Crippen LogP contribution in [0.15, 0.2) is 35.4 Å². The van der Waals surface area contributed by atoms with Crippen molar-refractivity contribution in [2.75, 3.05) is 13.2 Å². The van der Waals surface area contributed by atoms with Gasteiger partial charge in [0.15, 0.2) is 17.6 Å². The molecule has 0 aromatic heterocycles. The summed E-state index contributed by atoms with van der Waals surface area (Å²) in [7, 11) is 0. The molecule has 0 aliphatic heterocycles. The molecule has 0 bridgehead atoms. The molecule has 0 saturated carbocycles. The third-order valence-corrected chi connectivity index (χ3v) is 6.41. The topological polar surface area (TPSA) is 98.2 Å². The second-order valence-electron chi connectivity index (χ2n) is 8.87. The Bertz CT molecular complexity index is 1130. The van der Waals surface area contributed by atoms with Crippen LogP contribution in [0.3, 0.4) is 0 Å². The van der Waals surface area contributed by atoms with Crippen LogP contribution in [0.5, 0.6) is 17.2 Å². The van der Waals surface area contributed by atoms with Crippen molar-refractivity contribution in [3.63, 3.8) is 0 Å². The highest BCUT2D eigenvalue weighted by atomic mass is 127. The van der Waals surface area contributed by atoms with E-state index >= 15 is 0 Å². The molecule has 0 saturated heterocycles. The second-order valence-corrected chi connectivity index (χ2v) is 10.9. The van der Waals surface area contributed by atoms with Gasteiger partial charge in [0.05, 0.1) is 28.0 Å². The van der Waals surface area contributed by atoms with Crippen molar-refractivity contribution in [3.8, 4) is 17.2 Å². The van der Waals surface area contributed by atoms with Crippen molar-refractivity contribution in [2.45, 2.75) is 59.6 Å². The Morgan fingerprint density at radius 3 is 2.42 bits per heavy atom. The summed E-state index contributed by atoms with van der Waals surface area (Å²) in [6, 6.07) is 7.61. The van der Waals surface area contributed by atoms with Crippen molar-refractivity contribution < 1.29 is 23.8 Å². The molecule has 8 nitrogen and oxygen atoms in total. The highest BCUT2D eigenvalue weighted by Crippen LogP contribution is 2.34. The lowest BCUT2D eigenvalue weighted by Crippen LogP contribution is -2.49. The minimum atomic E-state index is -0.896. The average Bonchev–Trinajstić information content (AvgIpc) is 2.84. The van der Waals surface area contributed by atoms with E-state index in [0.29, 0.717) is 41.9 Å². The molecule has 2 N–H and O–H groups in total. The van der Waals surface area contributed by atoms with E-state index in [-0.39, 0.29) is 10.9 Å². The fourth-order valence-corrected chi connectivity index (χ4v) is 4.56. The van der Waals surface area contributed by atoms with Crippen molar-refractivity contribution in [1.82, 2.24) is 10.7 Å². The molecule has 11 heteroatoms. The van der Waals surface area contributed by atoms with Gasteiger partial charge in [-0.25, -0.2) is 5.43 Å². The fraction of sp³-hybridized carbons (Fsp3) is 0.444. The maximum Gasteiger partial charge on any atom is 0.262 e. The first-order valence-corrected chi connectivity index (χ1v) is 14.2. The average molecular weight is 678 g/mol. The third kappa shape index (κ3) is 10.1. The highest BCUT2D eigenvalue weighted by Gasteiger charge is 2.25. The van der Waals surface area contributed by atoms with Crippen molar-refractivity contribution in [3.05, 3.63) is 49.5 Å². The first kappa shape index (κ1) is 32.0. The van der Waals surface area contributed by atoms with E-state index in [2.05, 4.69) is 38.4 Å². The van der Waals surface area contributed by atoms with Crippen LogP contribution < -0.4 is 25.0 Å². The molecule has 0 unspecified atom stereocenters. The van der Waals surface area contributed by atoms with Gasteiger partial charge in [0.25, 0.3) is 11.8 Å². The van der Waals surface area contributed by atoms with Gasteiger partial charge in [-0.3, -0.25) is 9.59 Å². The summed E-state index contributed by atoms with van der Waals surface area (Å²) in [6.45, 7) is 10.5. The molecule has 38 heavy (non-hydrogen) atoms. The Balaban J connectivity index is 2.08. The lowest BCUT2D eigenvalue weighted by atomic mass is 10.0. The zero-order chi connectivity index (χ0) is 28.2. The predicted molar refractivity (Wildman–Crippen MR) is 160 cm³/mol. The quantitative estimate of drug-likeness (QED) is 0.140. The Morgan fingerprint density at radius 1 is 1.05 bits per heavy atom. The Hall–Kier alpha value is -2.24. The summed E-state index contributed by atoms with van der Waals surface area (Å²) in [4.78, 5) is 25.7. The molecule has 0 spiro atoms. The summed E-state index contributed by atoms with van der Waals surface area (Å²) in [6.07, 6.45) is 1.92. The predicted octanol–water partition coefficient (Wildman–Crippen LogP) is 6.23. The molecule has 2 aromatic rings. The number of carbonyl (C=O) groups is 2. The lowest BCUT2D eigenvalue weighted by molar-refractivity contribution is -0.132. The first-order chi connectivity index (χ1) is 18.0. The number of amides is 2. The zero-order valence-electron chi connectivity index (χ0n) is 22.1. The van der Waals surface area contributed by atoms with Gasteiger partial charge in [-0.1, -0.05) is 44.0 Å². The number of nitrogens with one attached hydrogen (secondary N) is 2. The number of hydrogen-bond acceptors (Lipinski definition) is 6. The van der Waals surface area contributed by atoms with Crippen LogP contribution in [0.4, 0.5) is 0 Å². The number of carbonyl (C=O) groups excluding carboxylic acids is 2. The number of hydrazone groups is 1. The van der Waals surface area contributed by atoms with Gasteiger partial charge in [-0.15, -0.1) is 0 Å². The number of rotatable bonds is 14. The fourth-order valence-electron chi connectivity index (χ4n) is 3.32. The summed E-state index contributed by atoms with van der Waals surface area (Å²) in [5.74, 6) is 0.858. The Kier molecular flexibility index (Phi) is 13.5. The van der Waals surface area contributed by atoms with E-state index in [0.717, 1.165) is 15.6 Å². The second kappa shape index (κ2) is 16.0. The summed E-state index contributed by atoms with van der Waals surface area (Å²) in [5.41, 5.74) is 3.26. The van der Waals surface area contributed by atoms with Crippen LogP contribution in [0.25, 0.3) is 0 Å². The number of hydrogen-bond donors (Lipinski definition) is 2. The molecule has 2 rings (SSSR count). The number of benzene rings is 2. The van der Waals surface area contributed by atoms with Crippen LogP contribution in [-0.4, -0.2) is 43.4 Å². The Morgan fingerprint density at radius 2 is 1.79 bits per heavy atom. The number of halogens is 3. The van der Waals surface area contributed by atoms with Crippen molar-refractivity contribution >= 4 is 63.8 Å². The minimum absolute atomic E-state index is 0.142. The highest BCUT2D eigenvalue weighted by molar-refractivity contribution is 14.1. The van der Waals surface area contributed by atoms with Crippen LogP contribution in [0, 0.1) is 9.49 Å². The molecule has 0 heterocycles. The molecule has 0 fully saturated rings. The van der Waals surface area contributed by atoms with Gasteiger partial charge in [-0.05, 0) is 91.1 Å². The van der Waals surface area contributed by atoms with Gasteiger partial charge < -0.3 is 19.5 Å². The molecular formula is C27H34Cl2IN3O5. The SMILES string of the molecule is CCCOc1c(I)cc(/C=N\NC(=O)[C@@H](CC(C)C)NC(=O)[C@@H](C)Oc2ccc(Cl)cc2Cl)cc1OCC. The van der Waals surface area contributed by atoms with Crippen molar-refractivity contribution in [1.29, 1.82) is 0 Å². The van der Waals surface area contributed by atoms with Gasteiger partial charge in [0.1, 0.15) is 11.8 Å². The van der Waals surface area contributed by atoms with E-state index in [4.69, 9.17) is 37.4 Å². The maximum absolute atomic E-state index is 12.9. The molecule has 2 atom stereocenters. The van der Waals surface area contributed by atoms with Crippen LogP contribution in [0.2, 0.25) is 10.0 Å². The smallest absolute Gasteiger partial charge is 0.262 e. The summed E-state index contributed by atoms with van der Waals surface area (Å²) in [5, 5.41) is 7.60. The number of nitrogens with zero attached hydrogens (tertiary/aromatic N) is 1. The summed E-state index contributed by atoms with van der Waals surface area (Å²) >= 11 is 14.2. The van der Waals surface area contributed by atoms with Gasteiger partial charge in [0.2, 0.25) is 0 Å². The minimum Gasteiger partial charge on any atom is -0.490 e. The molecular weight excluding hydrogens is 644 g/mol. The standard InChI is InChI=1S/C27H34Cl2IN3O5/c1-6-10-37-25-21(30)12-18(13-24(25)36-7-2)15-31-33-27(35)22(11-16(3)4)32-26(34)17(5)38-23-9-8-19(28)14-20(23)29/h8-9,12-17,22H,6-7,10-11H2,1-5H3,(H,32,34)(H,33,35)/b31-15-/t17-,22-/m1/s1. The van der Waals surface area contributed by atoms with Gasteiger partial charge in [-0.2, -0.15) is 5.10 Å². The third-order valence-electron chi connectivity index (χ3n) is 5.08. The molecule has 2 aromatic carbocycles. The van der Waals surface area contributed by atoms with E-state index in [1.54, 1.807) is 25.1 Å². The molecule has 0 aliphatic carbocycles. The van der Waals surface area contributed by atoms with Gasteiger partial charge >= 0.3 is 0 Å². The maximum atomic E-state index is 12.9. The largest absolute Gasteiger partial charge is 0.490 e. The van der Waals surface area contributed by atoms with E-state index in [9.17, 15) is 9.59 Å². The van der Waals surface area contributed by atoms with Crippen LogP contribution in [0.1, 0.15) is 53.0 Å². The van der Waals surface area contributed by atoms with Gasteiger partial charge in [0, 0.05) is 5.02 Å². The summed E-state index contributed by atoms with van der Waals surface area (Å²) < 4.78 is 18.1.